The highest BCUT2D eigenvalue weighted by atomic mass is 16.6. The van der Waals surface area contributed by atoms with E-state index in [4.69, 9.17) is 4.74 Å². The quantitative estimate of drug-likeness (QED) is 0.484. The first kappa shape index (κ1) is 16.1. The van der Waals surface area contributed by atoms with Crippen molar-refractivity contribution >= 4 is 17.5 Å². The molecule has 1 atom stereocenters. The van der Waals surface area contributed by atoms with Gasteiger partial charge in [-0.25, -0.2) is 0 Å². The van der Waals surface area contributed by atoms with Gasteiger partial charge in [-0.2, -0.15) is 0 Å². The van der Waals surface area contributed by atoms with Crippen molar-refractivity contribution in [3.05, 3.63) is 80.9 Å². The number of carbonyl (C=O) groups is 1. The summed E-state index contributed by atoms with van der Waals surface area (Å²) in [6.07, 6.45) is 2.82. The highest BCUT2D eigenvalue weighted by Crippen LogP contribution is 2.27. The highest BCUT2D eigenvalue weighted by Gasteiger charge is 2.22. The van der Waals surface area contributed by atoms with Crippen LogP contribution in [0.25, 0.3) is 6.08 Å². The van der Waals surface area contributed by atoms with Gasteiger partial charge in [-0.05, 0) is 36.6 Å². The fourth-order valence-electron chi connectivity index (χ4n) is 2.80. The van der Waals surface area contributed by atoms with Gasteiger partial charge in [0.1, 0.15) is 5.56 Å². The summed E-state index contributed by atoms with van der Waals surface area (Å²) < 4.78 is 5.50. The normalized spacial score (nSPS) is 18.7. The monoisotopic (exact) mass is 323 g/mol. The number of ketones is 1. The number of nitrogens with zero attached hydrogens (tertiary/aromatic N) is 1. The Bertz CT molecular complexity index is 811. The third-order valence-corrected chi connectivity index (χ3v) is 4.13. The first-order valence-electron chi connectivity index (χ1n) is 7.76. The van der Waals surface area contributed by atoms with Gasteiger partial charge in [0, 0.05) is 11.6 Å². The lowest BCUT2D eigenvalue weighted by atomic mass is 9.98. The number of nitro benzene ring substituents is 1. The minimum Gasteiger partial charge on any atom is -0.374 e. The first-order valence-corrected chi connectivity index (χ1v) is 7.76. The van der Waals surface area contributed by atoms with E-state index in [1.54, 1.807) is 42.5 Å². The summed E-state index contributed by atoms with van der Waals surface area (Å²) in [4.78, 5) is 23.4. The second-order valence-electron chi connectivity index (χ2n) is 5.71. The van der Waals surface area contributed by atoms with Gasteiger partial charge in [-0.3, -0.25) is 14.9 Å². The second-order valence-corrected chi connectivity index (χ2v) is 5.71. The van der Waals surface area contributed by atoms with Crippen LogP contribution in [-0.4, -0.2) is 23.4 Å². The Morgan fingerprint density at radius 1 is 1.25 bits per heavy atom. The molecule has 0 saturated carbocycles. The number of benzene rings is 2. The molecule has 1 aliphatic heterocycles. The van der Waals surface area contributed by atoms with Crippen LogP contribution in [-0.2, 0) is 4.74 Å². The van der Waals surface area contributed by atoms with Crippen molar-refractivity contribution in [1.82, 2.24) is 0 Å². The third kappa shape index (κ3) is 3.26. The van der Waals surface area contributed by atoms with Gasteiger partial charge in [0.2, 0.25) is 0 Å². The molecule has 0 radical (unpaired) electrons. The molecule has 0 aliphatic carbocycles. The summed E-state index contributed by atoms with van der Waals surface area (Å²) in [6.45, 7) is 2.65. The van der Waals surface area contributed by atoms with Crippen molar-refractivity contribution in [2.24, 2.45) is 0 Å². The maximum absolute atomic E-state index is 12.7. The zero-order valence-corrected chi connectivity index (χ0v) is 13.3. The zero-order valence-electron chi connectivity index (χ0n) is 13.3. The predicted octanol–water partition coefficient (Wildman–Crippen LogP) is 4.02. The summed E-state index contributed by atoms with van der Waals surface area (Å²) in [5.41, 5.74) is 2.26. The maximum Gasteiger partial charge on any atom is 0.280 e. The van der Waals surface area contributed by atoms with E-state index < -0.39 is 4.92 Å². The van der Waals surface area contributed by atoms with Crippen LogP contribution in [0.3, 0.4) is 0 Å². The van der Waals surface area contributed by atoms with Gasteiger partial charge < -0.3 is 4.74 Å². The van der Waals surface area contributed by atoms with Crippen LogP contribution in [0.15, 0.2) is 54.1 Å². The van der Waals surface area contributed by atoms with Crippen LogP contribution in [0.1, 0.15) is 34.8 Å². The van der Waals surface area contributed by atoms with Gasteiger partial charge in [0.25, 0.3) is 5.69 Å². The summed E-state index contributed by atoms with van der Waals surface area (Å²) in [5, 5.41) is 11.3. The number of rotatable bonds is 4. The summed E-state index contributed by atoms with van der Waals surface area (Å²) >= 11 is 0. The molecule has 0 amide bonds. The molecule has 0 N–H and O–H groups in total. The van der Waals surface area contributed by atoms with E-state index in [9.17, 15) is 14.9 Å². The van der Waals surface area contributed by atoms with Crippen LogP contribution in [0.5, 0.6) is 0 Å². The number of carbonyl (C=O) groups excluding carboxylic acids is 1. The molecule has 24 heavy (non-hydrogen) atoms. The average Bonchev–Trinajstić information content (AvgIpc) is 2.99. The Kier molecular flexibility index (Phi) is 4.53. The molecule has 2 aromatic carbocycles. The molecule has 122 valence electrons. The van der Waals surface area contributed by atoms with Gasteiger partial charge in [0.15, 0.2) is 5.78 Å². The van der Waals surface area contributed by atoms with E-state index in [-0.39, 0.29) is 23.1 Å². The van der Waals surface area contributed by atoms with Crippen LogP contribution in [0.4, 0.5) is 5.69 Å². The number of nitro groups is 1. The summed E-state index contributed by atoms with van der Waals surface area (Å²) in [7, 11) is 0. The van der Waals surface area contributed by atoms with E-state index in [1.165, 1.54) is 6.07 Å². The van der Waals surface area contributed by atoms with Crippen molar-refractivity contribution in [1.29, 1.82) is 0 Å². The smallest absolute Gasteiger partial charge is 0.280 e. The molecular weight excluding hydrogens is 306 g/mol. The van der Waals surface area contributed by atoms with Gasteiger partial charge in [-0.15, -0.1) is 0 Å². The van der Waals surface area contributed by atoms with Gasteiger partial charge in [-0.1, -0.05) is 36.4 Å². The Labute approximate surface area is 139 Å². The third-order valence-electron chi connectivity index (χ3n) is 4.13. The van der Waals surface area contributed by atoms with E-state index >= 15 is 0 Å². The van der Waals surface area contributed by atoms with Crippen molar-refractivity contribution in [3.63, 3.8) is 0 Å². The number of hydrogen-bond acceptors (Lipinski definition) is 4. The molecular formula is C19H17NO4. The lowest BCUT2D eigenvalue weighted by Crippen LogP contribution is -2.06. The fourth-order valence-corrected chi connectivity index (χ4v) is 2.80. The Morgan fingerprint density at radius 2 is 2.00 bits per heavy atom. The van der Waals surface area contributed by atoms with E-state index in [0.29, 0.717) is 12.2 Å². The Hall–Kier alpha value is -2.79. The molecule has 1 saturated heterocycles. The highest BCUT2D eigenvalue weighted by molar-refractivity contribution is 6.11. The Balaban J connectivity index is 2.04. The molecule has 1 heterocycles. The molecule has 2 aromatic rings. The zero-order chi connectivity index (χ0) is 17.1. The van der Waals surface area contributed by atoms with Crippen LogP contribution in [0.2, 0.25) is 0 Å². The van der Waals surface area contributed by atoms with E-state index in [2.05, 4.69) is 0 Å². The lowest BCUT2D eigenvalue weighted by molar-refractivity contribution is -0.385. The number of ether oxygens (including phenoxy) is 1. The second kappa shape index (κ2) is 6.76. The molecule has 5 heteroatoms. The predicted molar refractivity (Wildman–Crippen MR) is 91.0 cm³/mol. The van der Waals surface area contributed by atoms with Crippen molar-refractivity contribution in [2.45, 2.75) is 19.4 Å². The lowest BCUT2D eigenvalue weighted by Gasteiger charge is -2.07. The number of hydrogen-bond donors (Lipinski definition) is 0. The summed E-state index contributed by atoms with van der Waals surface area (Å²) in [6, 6.07) is 13.2. The van der Waals surface area contributed by atoms with E-state index in [0.717, 1.165) is 17.6 Å². The average molecular weight is 323 g/mol. The molecule has 0 aromatic heterocycles. The maximum atomic E-state index is 12.7. The molecule has 3 rings (SSSR count). The minimum atomic E-state index is -0.519. The van der Waals surface area contributed by atoms with Crippen LogP contribution >= 0.6 is 0 Å². The molecule has 5 nitrogen and oxygen atoms in total. The van der Waals surface area contributed by atoms with Crippen LogP contribution in [0, 0.1) is 10.1 Å². The first-order chi connectivity index (χ1) is 11.6. The minimum absolute atomic E-state index is 0.0356. The topological polar surface area (TPSA) is 69.4 Å². The fraction of sp³-hybridized carbons (Fsp3) is 0.211. The molecule has 1 fully saturated rings. The Morgan fingerprint density at radius 3 is 2.62 bits per heavy atom. The SMILES string of the molecule is CC1OCC/C1=C/c1ccc([N+](=O)[O-])c(C(=O)c2ccccc2)c1. The standard InChI is InChI=1S/C19H17NO4/c1-13-16(9-10-24-13)11-14-7-8-18(20(22)23)17(12-14)19(21)15-5-3-2-4-6-15/h2-8,11-13H,9-10H2,1H3/b16-11-. The van der Waals surface area contributed by atoms with Crippen molar-refractivity contribution < 1.29 is 14.5 Å². The molecule has 0 bridgehead atoms. The van der Waals surface area contributed by atoms with Crippen LogP contribution < -0.4 is 0 Å². The van der Waals surface area contributed by atoms with E-state index in [1.807, 2.05) is 13.0 Å². The largest absolute Gasteiger partial charge is 0.374 e. The van der Waals surface area contributed by atoms with Gasteiger partial charge >= 0.3 is 0 Å². The van der Waals surface area contributed by atoms with Crippen molar-refractivity contribution in [3.8, 4) is 0 Å². The van der Waals surface area contributed by atoms with Gasteiger partial charge in [0.05, 0.1) is 17.6 Å². The summed E-state index contributed by atoms with van der Waals surface area (Å²) in [5.74, 6) is -0.349. The van der Waals surface area contributed by atoms with Crippen molar-refractivity contribution in [2.75, 3.05) is 6.61 Å². The molecule has 1 aliphatic rings. The molecule has 1 unspecified atom stereocenters. The molecule has 0 spiro atoms.